The number of aromatic nitrogens is 4. The van der Waals surface area contributed by atoms with Gasteiger partial charge in [0.05, 0.1) is 18.1 Å². The third-order valence-corrected chi connectivity index (χ3v) is 5.06. The highest BCUT2D eigenvalue weighted by molar-refractivity contribution is 5.34. The molecular formula is C21H26N6. The normalized spacial score (nSPS) is 17.1. The molecule has 0 radical (unpaired) electrons. The highest BCUT2D eigenvalue weighted by Crippen LogP contribution is 2.34. The van der Waals surface area contributed by atoms with Gasteiger partial charge in [-0.05, 0) is 31.9 Å². The Kier molecular flexibility index (Phi) is 4.90. The minimum atomic E-state index is 0.0627. The molecule has 3 aromatic rings. The van der Waals surface area contributed by atoms with Crippen molar-refractivity contribution in [2.45, 2.75) is 45.8 Å². The maximum Gasteiger partial charge on any atom is 0.222 e. The van der Waals surface area contributed by atoms with E-state index in [-0.39, 0.29) is 6.04 Å². The van der Waals surface area contributed by atoms with Crippen LogP contribution in [-0.4, -0.2) is 37.4 Å². The fraction of sp³-hybridized carbons (Fsp3) is 0.381. The summed E-state index contributed by atoms with van der Waals surface area (Å²) >= 11 is 0. The molecule has 1 atom stereocenters. The van der Waals surface area contributed by atoms with Crippen molar-refractivity contribution < 1.29 is 0 Å². The number of aryl methyl sites for hydroxylation is 1. The van der Waals surface area contributed by atoms with Gasteiger partial charge in [0.15, 0.2) is 0 Å². The van der Waals surface area contributed by atoms with Crippen molar-refractivity contribution >= 4 is 5.95 Å². The van der Waals surface area contributed by atoms with Crippen LogP contribution in [0.5, 0.6) is 0 Å². The van der Waals surface area contributed by atoms with Gasteiger partial charge in [0, 0.05) is 49.2 Å². The van der Waals surface area contributed by atoms with Crippen LogP contribution in [0, 0.1) is 6.92 Å². The standard InChI is InChI=1S/C21H26N6/c1-14(2)26-21-22-10-17(11-23-21)20-19-18(24-13-25-19)8-9-27(20)12-16-7-5-4-6-15(16)3/h4-7,10-11,13-14,20H,8-9,12H2,1-3H3,(H,24,25)(H,22,23,26)/t20-/m1/s1. The van der Waals surface area contributed by atoms with Crippen LogP contribution in [-0.2, 0) is 13.0 Å². The van der Waals surface area contributed by atoms with Gasteiger partial charge in [-0.1, -0.05) is 24.3 Å². The Balaban J connectivity index is 1.66. The van der Waals surface area contributed by atoms with Crippen LogP contribution in [0.3, 0.4) is 0 Å². The van der Waals surface area contributed by atoms with Gasteiger partial charge >= 0.3 is 0 Å². The van der Waals surface area contributed by atoms with Crippen LogP contribution in [0.2, 0.25) is 0 Å². The Morgan fingerprint density at radius 1 is 1.19 bits per heavy atom. The molecule has 0 fully saturated rings. The lowest BCUT2D eigenvalue weighted by molar-refractivity contribution is 0.199. The van der Waals surface area contributed by atoms with Crippen molar-refractivity contribution in [3.8, 4) is 0 Å². The fourth-order valence-electron chi connectivity index (χ4n) is 3.68. The lowest BCUT2D eigenvalue weighted by Gasteiger charge is -2.35. The van der Waals surface area contributed by atoms with E-state index in [9.17, 15) is 0 Å². The SMILES string of the molecule is Cc1ccccc1CN1CCc2[nH]cnc2[C@H]1c1cnc(NC(C)C)nc1. The van der Waals surface area contributed by atoms with Gasteiger partial charge in [-0.2, -0.15) is 0 Å². The smallest absolute Gasteiger partial charge is 0.222 e. The van der Waals surface area contributed by atoms with Crippen LogP contribution in [0.25, 0.3) is 0 Å². The van der Waals surface area contributed by atoms with Crippen LogP contribution < -0.4 is 5.32 Å². The number of anilines is 1. The molecule has 0 saturated heterocycles. The molecule has 0 bridgehead atoms. The van der Waals surface area contributed by atoms with E-state index in [4.69, 9.17) is 0 Å². The summed E-state index contributed by atoms with van der Waals surface area (Å²) < 4.78 is 0. The molecule has 2 N–H and O–H groups in total. The number of rotatable bonds is 5. The second kappa shape index (κ2) is 7.48. The highest BCUT2D eigenvalue weighted by atomic mass is 15.2. The largest absolute Gasteiger partial charge is 0.352 e. The average molecular weight is 362 g/mol. The molecule has 0 amide bonds. The molecule has 0 spiro atoms. The Bertz CT molecular complexity index is 899. The third kappa shape index (κ3) is 3.71. The summed E-state index contributed by atoms with van der Waals surface area (Å²) in [6.45, 7) is 8.19. The van der Waals surface area contributed by atoms with Crippen molar-refractivity contribution in [1.82, 2.24) is 24.8 Å². The van der Waals surface area contributed by atoms with Crippen molar-refractivity contribution in [2.75, 3.05) is 11.9 Å². The first-order chi connectivity index (χ1) is 13.1. The summed E-state index contributed by atoms with van der Waals surface area (Å²) in [6.07, 6.45) is 6.63. The number of nitrogens with zero attached hydrogens (tertiary/aromatic N) is 4. The number of hydrogen-bond acceptors (Lipinski definition) is 5. The van der Waals surface area contributed by atoms with Crippen LogP contribution >= 0.6 is 0 Å². The summed E-state index contributed by atoms with van der Waals surface area (Å²) in [5.41, 5.74) is 6.04. The number of H-pyrrole nitrogens is 1. The first-order valence-electron chi connectivity index (χ1n) is 9.51. The van der Waals surface area contributed by atoms with Gasteiger partial charge < -0.3 is 10.3 Å². The second-order valence-corrected chi connectivity index (χ2v) is 7.45. The lowest BCUT2D eigenvalue weighted by Crippen LogP contribution is -2.36. The van der Waals surface area contributed by atoms with Crippen molar-refractivity contribution in [2.24, 2.45) is 0 Å². The van der Waals surface area contributed by atoms with E-state index in [1.807, 2.05) is 12.4 Å². The second-order valence-electron chi connectivity index (χ2n) is 7.45. The number of fused-ring (bicyclic) bond motifs is 1. The number of benzene rings is 1. The minimum absolute atomic E-state index is 0.0627. The highest BCUT2D eigenvalue weighted by Gasteiger charge is 2.31. The Morgan fingerprint density at radius 2 is 1.96 bits per heavy atom. The Hall–Kier alpha value is -2.73. The molecule has 1 aliphatic rings. The van der Waals surface area contributed by atoms with Crippen LogP contribution in [0.4, 0.5) is 5.95 Å². The zero-order valence-electron chi connectivity index (χ0n) is 16.1. The predicted molar refractivity (Wildman–Crippen MR) is 107 cm³/mol. The summed E-state index contributed by atoms with van der Waals surface area (Å²) in [5.74, 6) is 0.664. The average Bonchev–Trinajstić information content (AvgIpc) is 3.12. The van der Waals surface area contributed by atoms with Crippen LogP contribution in [0.15, 0.2) is 43.0 Å². The third-order valence-electron chi connectivity index (χ3n) is 5.06. The number of imidazole rings is 1. The van der Waals surface area contributed by atoms with Crippen molar-refractivity contribution in [3.05, 3.63) is 71.1 Å². The zero-order chi connectivity index (χ0) is 18.8. The predicted octanol–water partition coefficient (Wildman–Crippen LogP) is 3.48. The van der Waals surface area contributed by atoms with E-state index >= 15 is 0 Å². The van der Waals surface area contributed by atoms with Crippen molar-refractivity contribution in [1.29, 1.82) is 0 Å². The maximum absolute atomic E-state index is 4.63. The molecule has 0 unspecified atom stereocenters. The molecule has 6 nitrogen and oxygen atoms in total. The molecule has 0 aliphatic carbocycles. The molecule has 3 heterocycles. The topological polar surface area (TPSA) is 69.7 Å². The maximum atomic E-state index is 4.63. The quantitative estimate of drug-likeness (QED) is 0.727. The number of hydrogen-bond donors (Lipinski definition) is 2. The molecule has 27 heavy (non-hydrogen) atoms. The van der Waals surface area contributed by atoms with Gasteiger partial charge in [-0.25, -0.2) is 15.0 Å². The summed E-state index contributed by atoms with van der Waals surface area (Å²) in [4.78, 5) is 19.4. The van der Waals surface area contributed by atoms with Gasteiger partial charge in [-0.3, -0.25) is 4.90 Å². The molecule has 2 aromatic heterocycles. The summed E-state index contributed by atoms with van der Waals surface area (Å²) in [7, 11) is 0. The Morgan fingerprint density at radius 3 is 2.70 bits per heavy atom. The minimum Gasteiger partial charge on any atom is -0.352 e. The lowest BCUT2D eigenvalue weighted by atomic mass is 9.96. The van der Waals surface area contributed by atoms with E-state index in [0.29, 0.717) is 12.0 Å². The Labute approximate surface area is 160 Å². The summed E-state index contributed by atoms with van der Waals surface area (Å²) in [5, 5.41) is 3.25. The summed E-state index contributed by atoms with van der Waals surface area (Å²) in [6, 6.07) is 8.94. The van der Waals surface area contributed by atoms with E-state index < -0.39 is 0 Å². The number of aromatic amines is 1. The monoisotopic (exact) mass is 362 g/mol. The van der Waals surface area contributed by atoms with Gasteiger partial charge in [0.2, 0.25) is 5.95 Å². The van der Waals surface area contributed by atoms with E-state index in [0.717, 1.165) is 30.8 Å². The van der Waals surface area contributed by atoms with E-state index in [2.05, 4.69) is 75.2 Å². The fourth-order valence-corrected chi connectivity index (χ4v) is 3.68. The van der Waals surface area contributed by atoms with Gasteiger partial charge in [0.25, 0.3) is 0 Å². The van der Waals surface area contributed by atoms with Gasteiger partial charge in [0.1, 0.15) is 0 Å². The molecule has 0 saturated carbocycles. The number of nitrogens with one attached hydrogen (secondary N) is 2. The molecule has 140 valence electrons. The van der Waals surface area contributed by atoms with E-state index in [1.54, 1.807) is 6.33 Å². The molecule has 4 rings (SSSR count). The first-order valence-corrected chi connectivity index (χ1v) is 9.51. The molecule has 6 heteroatoms. The van der Waals surface area contributed by atoms with E-state index in [1.165, 1.54) is 16.8 Å². The molecule has 1 aromatic carbocycles. The van der Waals surface area contributed by atoms with Crippen molar-refractivity contribution in [3.63, 3.8) is 0 Å². The van der Waals surface area contributed by atoms with Gasteiger partial charge in [-0.15, -0.1) is 0 Å². The first kappa shape index (κ1) is 17.7. The molecular weight excluding hydrogens is 336 g/mol. The van der Waals surface area contributed by atoms with Crippen LogP contribution in [0.1, 0.15) is 48.0 Å². The molecule has 1 aliphatic heterocycles. The zero-order valence-corrected chi connectivity index (χ0v) is 16.1.